The molecule has 1 aliphatic heterocycles. The molecule has 0 atom stereocenters. The van der Waals surface area contributed by atoms with E-state index in [9.17, 15) is 4.79 Å². The molecule has 4 heterocycles. The summed E-state index contributed by atoms with van der Waals surface area (Å²) in [6.07, 6.45) is 1.58. The highest BCUT2D eigenvalue weighted by Gasteiger charge is 2.22. The molecule has 1 aliphatic rings. The van der Waals surface area contributed by atoms with Crippen molar-refractivity contribution in [3.63, 3.8) is 0 Å². The lowest BCUT2D eigenvalue weighted by molar-refractivity contribution is 0.102. The van der Waals surface area contributed by atoms with Crippen LogP contribution in [0.25, 0.3) is 16.0 Å². The fraction of sp³-hybridized carbons (Fsp3) is 0.250. The van der Waals surface area contributed by atoms with E-state index >= 15 is 0 Å². The molecule has 3 aromatic heterocycles. The number of nitrogens with zero attached hydrogens (tertiary/aromatic N) is 4. The molecule has 1 aromatic carbocycles. The van der Waals surface area contributed by atoms with E-state index in [-0.39, 0.29) is 5.91 Å². The van der Waals surface area contributed by atoms with Crippen LogP contribution in [0.3, 0.4) is 0 Å². The largest absolute Gasteiger partial charge is 0.486 e. The zero-order valence-corrected chi connectivity index (χ0v) is 17.0. The number of hydrogen-bond acceptors (Lipinski definition) is 6. The number of rotatable bonds is 3. The number of ether oxygens (including phenoxy) is 2. The van der Waals surface area contributed by atoms with E-state index in [0.29, 0.717) is 35.4 Å². The highest BCUT2D eigenvalue weighted by Crippen LogP contribution is 2.38. The van der Waals surface area contributed by atoms with Crippen molar-refractivity contribution in [1.82, 2.24) is 19.3 Å². The van der Waals surface area contributed by atoms with Gasteiger partial charge >= 0.3 is 0 Å². The Balaban J connectivity index is 1.49. The van der Waals surface area contributed by atoms with Gasteiger partial charge in [-0.15, -0.1) is 0 Å². The van der Waals surface area contributed by atoms with E-state index in [4.69, 9.17) is 9.47 Å². The molecule has 8 nitrogen and oxygen atoms in total. The van der Waals surface area contributed by atoms with E-state index in [0.717, 1.165) is 27.4 Å². The molecule has 148 valence electrons. The molecule has 9 heteroatoms. The lowest BCUT2D eigenvalue weighted by atomic mass is 10.3. The SMILES string of the molecule is Cc1ccc(C)n1-c1c(C(=O)Nc2nc3cc4c(cc3s2)OCCO4)cnn1C. The molecule has 0 saturated heterocycles. The minimum Gasteiger partial charge on any atom is -0.486 e. The van der Waals surface area contributed by atoms with Crippen LogP contribution in [0.4, 0.5) is 5.13 Å². The van der Waals surface area contributed by atoms with E-state index in [1.54, 1.807) is 10.9 Å². The Hall–Kier alpha value is -3.33. The van der Waals surface area contributed by atoms with Crippen LogP contribution in [-0.2, 0) is 7.05 Å². The molecule has 0 bridgehead atoms. The standard InChI is InChI=1S/C20H19N5O3S/c1-11-4-5-12(2)25(11)19-13(10-21-24(19)3)18(26)23-20-22-14-8-15-16(9-17(14)29-20)28-7-6-27-15/h4-5,8-10H,6-7H2,1-3H3,(H,22,23,26). The summed E-state index contributed by atoms with van der Waals surface area (Å²) in [5.74, 6) is 1.86. The van der Waals surface area contributed by atoms with Crippen LogP contribution in [0.5, 0.6) is 11.5 Å². The van der Waals surface area contributed by atoms with E-state index in [2.05, 4.69) is 15.4 Å². The van der Waals surface area contributed by atoms with Crippen molar-refractivity contribution in [2.45, 2.75) is 13.8 Å². The number of aryl methyl sites for hydroxylation is 3. The second kappa shape index (κ2) is 6.63. The Morgan fingerprint density at radius 3 is 2.55 bits per heavy atom. The third-order valence-electron chi connectivity index (χ3n) is 4.91. The van der Waals surface area contributed by atoms with Gasteiger partial charge in [-0.1, -0.05) is 11.3 Å². The molecule has 0 fully saturated rings. The van der Waals surface area contributed by atoms with Gasteiger partial charge in [0.15, 0.2) is 16.6 Å². The molecule has 1 N–H and O–H groups in total. The predicted molar refractivity (Wildman–Crippen MR) is 111 cm³/mol. The van der Waals surface area contributed by atoms with Crippen LogP contribution in [-0.4, -0.2) is 38.5 Å². The molecule has 1 amide bonds. The van der Waals surface area contributed by atoms with Gasteiger partial charge in [0.2, 0.25) is 0 Å². The van der Waals surface area contributed by atoms with Crippen molar-refractivity contribution in [3.8, 4) is 17.3 Å². The lowest BCUT2D eigenvalue weighted by Crippen LogP contribution is -2.16. The number of amides is 1. The van der Waals surface area contributed by atoms with Crippen LogP contribution in [0.1, 0.15) is 21.7 Å². The van der Waals surface area contributed by atoms with Gasteiger partial charge in [0.05, 0.1) is 16.4 Å². The normalized spacial score (nSPS) is 13.1. The van der Waals surface area contributed by atoms with Crippen molar-refractivity contribution in [2.75, 3.05) is 18.5 Å². The molecule has 29 heavy (non-hydrogen) atoms. The van der Waals surface area contributed by atoms with E-state index in [1.807, 2.05) is 49.7 Å². The zero-order valence-electron chi connectivity index (χ0n) is 16.2. The molecular weight excluding hydrogens is 390 g/mol. The summed E-state index contributed by atoms with van der Waals surface area (Å²) >= 11 is 1.40. The van der Waals surface area contributed by atoms with Gasteiger partial charge < -0.3 is 14.0 Å². The molecule has 0 spiro atoms. The van der Waals surface area contributed by atoms with Crippen LogP contribution in [0, 0.1) is 13.8 Å². The van der Waals surface area contributed by atoms with Crippen molar-refractivity contribution < 1.29 is 14.3 Å². The summed E-state index contributed by atoms with van der Waals surface area (Å²) in [6.45, 7) is 5.06. The maximum Gasteiger partial charge on any atom is 0.262 e. The van der Waals surface area contributed by atoms with Gasteiger partial charge in [-0.3, -0.25) is 14.8 Å². The number of nitrogens with one attached hydrogen (secondary N) is 1. The van der Waals surface area contributed by atoms with Crippen LogP contribution in [0.2, 0.25) is 0 Å². The van der Waals surface area contributed by atoms with Crippen LogP contribution in [0.15, 0.2) is 30.5 Å². The Labute approximate surface area is 170 Å². The summed E-state index contributed by atoms with van der Waals surface area (Å²) in [7, 11) is 1.83. The first-order chi connectivity index (χ1) is 14.0. The summed E-state index contributed by atoms with van der Waals surface area (Å²) in [4.78, 5) is 17.6. The fourth-order valence-electron chi connectivity index (χ4n) is 3.54. The van der Waals surface area contributed by atoms with Gasteiger partial charge in [0.1, 0.15) is 24.6 Å². The lowest BCUT2D eigenvalue weighted by Gasteiger charge is -2.17. The zero-order chi connectivity index (χ0) is 20.1. The Morgan fingerprint density at radius 2 is 1.83 bits per heavy atom. The summed E-state index contributed by atoms with van der Waals surface area (Å²) in [5.41, 5.74) is 3.31. The number of aromatic nitrogens is 4. The third kappa shape index (κ3) is 2.94. The highest BCUT2D eigenvalue weighted by molar-refractivity contribution is 7.22. The van der Waals surface area contributed by atoms with Gasteiger partial charge in [-0.05, 0) is 26.0 Å². The Bertz CT molecular complexity index is 1190. The fourth-order valence-corrected chi connectivity index (χ4v) is 4.41. The van der Waals surface area contributed by atoms with E-state index < -0.39 is 0 Å². The third-order valence-corrected chi connectivity index (χ3v) is 5.84. The number of carbonyl (C=O) groups excluding carboxylic acids is 1. The monoisotopic (exact) mass is 409 g/mol. The first-order valence-corrected chi connectivity index (χ1v) is 10.0. The number of fused-ring (bicyclic) bond motifs is 2. The maximum atomic E-state index is 13.0. The average molecular weight is 409 g/mol. The van der Waals surface area contributed by atoms with Crippen molar-refractivity contribution >= 4 is 32.6 Å². The molecule has 0 radical (unpaired) electrons. The van der Waals surface area contributed by atoms with Crippen molar-refractivity contribution in [1.29, 1.82) is 0 Å². The van der Waals surface area contributed by atoms with Crippen LogP contribution >= 0.6 is 11.3 Å². The minimum absolute atomic E-state index is 0.253. The van der Waals surface area contributed by atoms with Gasteiger partial charge in [-0.25, -0.2) is 4.98 Å². The second-order valence-electron chi connectivity index (χ2n) is 6.89. The predicted octanol–water partition coefficient (Wildman–Crippen LogP) is 3.46. The number of thiazole rings is 1. The number of carbonyl (C=O) groups is 1. The smallest absolute Gasteiger partial charge is 0.262 e. The van der Waals surface area contributed by atoms with E-state index in [1.165, 1.54) is 11.3 Å². The number of hydrogen-bond donors (Lipinski definition) is 1. The average Bonchev–Trinajstić information content (AvgIpc) is 3.36. The van der Waals surface area contributed by atoms with Crippen molar-refractivity contribution in [2.24, 2.45) is 7.05 Å². The highest BCUT2D eigenvalue weighted by atomic mass is 32.1. The topological polar surface area (TPSA) is 83.2 Å². The summed E-state index contributed by atoms with van der Waals surface area (Å²) in [5, 5.41) is 7.73. The Morgan fingerprint density at radius 1 is 1.14 bits per heavy atom. The van der Waals surface area contributed by atoms with Crippen LogP contribution < -0.4 is 14.8 Å². The first kappa shape index (κ1) is 17.7. The minimum atomic E-state index is -0.253. The van der Waals surface area contributed by atoms with Crippen molar-refractivity contribution in [3.05, 3.63) is 47.4 Å². The molecule has 4 aromatic rings. The quantitative estimate of drug-likeness (QED) is 0.560. The van der Waals surface area contributed by atoms with Gasteiger partial charge in [-0.2, -0.15) is 5.10 Å². The molecular formula is C20H19N5O3S. The summed E-state index contributed by atoms with van der Waals surface area (Å²) < 4.78 is 15.9. The first-order valence-electron chi connectivity index (χ1n) is 9.20. The molecule has 0 unspecified atom stereocenters. The van der Waals surface area contributed by atoms with Gasteiger partial charge in [0.25, 0.3) is 5.91 Å². The second-order valence-corrected chi connectivity index (χ2v) is 7.92. The molecule has 0 saturated carbocycles. The maximum absolute atomic E-state index is 13.0. The number of benzene rings is 1. The molecule has 0 aliphatic carbocycles. The van der Waals surface area contributed by atoms with Gasteiger partial charge in [0, 0.05) is 30.6 Å². The molecule has 5 rings (SSSR count). The number of anilines is 1. The Kier molecular flexibility index (Phi) is 4.06. The summed E-state index contributed by atoms with van der Waals surface area (Å²) in [6, 6.07) is 7.78.